The molecule has 0 saturated heterocycles. The van der Waals surface area contributed by atoms with E-state index in [0.717, 1.165) is 0 Å². The van der Waals surface area contributed by atoms with E-state index in [2.05, 4.69) is 63.1 Å². The summed E-state index contributed by atoms with van der Waals surface area (Å²) in [4.78, 5) is 1.35. The van der Waals surface area contributed by atoms with Crippen LogP contribution >= 0.6 is 11.3 Å². The van der Waals surface area contributed by atoms with E-state index in [1.165, 1.54) is 10.8 Å². The van der Waals surface area contributed by atoms with Gasteiger partial charge in [0.1, 0.15) is 0 Å². The number of rotatable bonds is 1. The third-order valence-electron chi connectivity index (χ3n) is 1.47. The Hall–Kier alpha value is -0.418. The minimum atomic E-state index is 0. The fourth-order valence-corrected chi connectivity index (χ4v) is 1.71. The maximum atomic E-state index is 7.50. The smallest absolute Gasteiger partial charge is 0.0225 e. The normalized spacial score (nSPS) is 12.1. The van der Waals surface area contributed by atoms with E-state index in [9.17, 15) is 0 Å². The molecule has 0 unspecified atom stereocenters. The third-order valence-corrected chi connectivity index (χ3v) is 2.39. The van der Waals surface area contributed by atoms with Gasteiger partial charge in [-0.3, -0.25) is 0 Å². The molecule has 0 N–H and O–H groups in total. The summed E-state index contributed by atoms with van der Waals surface area (Å²) in [6, 6.07) is 4.22. The molecule has 1 heterocycles. The first-order valence-electron chi connectivity index (χ1n) is 3.83. The average Bonchev–Trinajstić information content (AvgIpc) is 3.09. The Morgan fingerprint density at radius 3 is 1.71 bits per heavy atom. The molecule has 1 aromatic rings. The van der Waals surface area contributed by atoms with Crippen LogP contribution in [0.1, 0.15) is 4.88 Å². The standard InChI is InChI=1S/C9H7S.3CO.Re/c1-2-5-8(4-1)9-6-3-7-10-9;3*1-2;/h1-7H;;;;. The SMILES string of the molecule is [C-]#[O+].[C-]#[O+].[C-]#[O+].[CH]1[CH][CH][C](c2cccs2)[CH]1.[Re]. The van der Waals surface area contributed by atoms with Gasteiger partial charge in [0.05, 0.1) is 0 Å². The summed E-state index contributed by atoms with van der Waals surface area (Å²) >= 11 is 1.78. The van der Waals surface area contributed by atoms with Gasteiger partial charge in [-0.25, -0.2) is 0 Å². The van der Waals surface area contributed by atoms with Gasteiger partial charge in [0, 0.05) is 31.2 Å². The molecule has 1 aliphatic carbocycles. The van der Waals surface area contributed by atoms with Crippen LogP contribution in [0.3, 0.4) is 0 Å². The van der Waals surface area contributed by atoms with Crippen LogP contribution in [-0.4, -0.2) is 0 Å². The van der Waals surface area contributed by atoms with E-state index in [4.69, 9.17) is 14.0 Å². The summed E-state index contributed by atoms with van der Waals surface area (Å²) < 4.78 is 22.5. The van der Waals surface area contributed by atoms with E-state index in [0.29, 0.717) is 0 Å². The van der Waals surface area contributed by atoms with Crippen molar-refractivity contribution < 1.29 is 34.4 Å². The summed E-state index contributed by atoms with van der Waals surface area (Å²) in [5.74, 6) is 1.33. The molecule has 1 aliphatic rings. The van der Waals surface area contributed by atoms with Gasteiger partial charge in [0.15, 0.2) is 0 Å². The second kappa shape index (κ2) is 18.0. The Kier molecular flexibility index (Phi) is 23.1. The van der Waals surface area contributed by atoms with Gasteiger partial charge in [-0.2, -0.15) is 0 Å². The first-order valence-corrected chi connectivity index (χ1v) is 4.71. The zero-order chi connectivity index (χ0) is 12.8. The van der Waals surface area contributed by atoms with Gasteiger partial charge in [0.25, 0.3) is 0 Å². The molecule has 5 heteroatoms. The summed E-state index contributed by atoms with van der Waals surface area (Å²) in [6.07, 6.45) is 8.39. The molecule has 6 radical (unpaired) electrons. The van der Waals surface area contributed by atoms with Gasteiger partial charge >= 0.3 is 33.9 Å². The Morgan fingerprint density at radius 2 is 1.35 bits per heavy atom. The van der Waals surface area contributed by atoms with Crippen molar-refractivity contribution in [2.24, 2.45) is 0 Å². The van der Waals surface area contributed by atoms with Crippen molar-refractivity contribution in [3.8, 4) is 0 Å². The molecule has 1 fully saturated rings. The molecular weight excluding hydrogens is 410 g/mol. The molecule has 0 bridgehead atoms. The van der Waals surface area contributed by atoms with Gasteiger partial charge in [0.2, 0.25) is 0 Å². The molecule has 1 saturated carbocycles. The van der Waals surface area contributed by atoms with E-state index in [1.54, 1.807) is 11.3 Å². The predicted molar refractivity (Wildman–Crippen MR) is 55.7 cm³/mol. The molecule has 0 aromatic carbocycles. The monoisotopic (exact) mass is 418 g/mol. The topological polar surface area (TPSA) is 59.7 Å². The maximum Gasteiger partial charge on any atom is 0.0225 e. The fraction of sp³-hybridized carbons (Fsp3) is 0. The molecular formula is C12H7O3ReS. The zero-order valence-corrected chi connectivity index (χ0v) is 12.1. The quantitative estimate of drug-likeness (QED) is 0.498. The second-order valence-electron chi connectivity index (χ2n) is 2.15. The average molecular weight is 417 g/mol. The van der Waals surface area contributed by atoms with E-state index < -0.39 is 0 Å². The van der Waals surface area contributed by atoms with E-state index in [-0.39, 0.29) is 20.4 Å². The Morgan fingerprint density at radius 1 is 0.882 bits per heavy atom. The minimum absolute atomic E-state index is 0. The zero-order valence-electron chi connectivity index (χ0n) is 8.55. The first-order chi connectivity index (χ1) is 7.97. The minimum Gasteiger partial charge on any atom is -0.148 e. The number of hydrogen-bond donors (Lipinski definition) is 0. The fourth-order valence-electron chi connectivity index (χ4n) is 0.981. The molecule has 17 heavy (non-hydrogen) atoms. The molecule has 1 aromatic heterocycles. The van der Waals surface area contributed by atoms with Crippen molar-refractivity contribution in [3.05, 3.63) is 73.9 Å². The van der Waals surface area contributed by atoms with Crippen LogP contribution in [0.4, 0.5) is 0 Å². The maximum absolute atomic E-state index is 7.50. The summed E-state index contributed by atoms with van der Waals surface area (Å²) in [6.45, 7) is 13.5. The van der Waals surface area contributed by atoms with Crippen molar-refractivity contribution in [1.29, 1.82) is 0 Å². The summed E-state index contributed by atoms with van der Waals surface area (Å²) in [5.41, 5.74) is 0. The Bertz CT molecular complexity index is 283. The molecule has 0 aliphatic heterocycles. The van der Waals surface area contributed by atoms with Crippen LogP contribution in [0, 0.1) is 51.6 Å². The van der Waals surface area contributed by atoms with Gasteiger partial charge in [-0.1, -0.05) is 6.07 Å². The van der Waals surface area contributed by atoms with E-state index in [1.807, 2.05) is 0 Å². The number of hydrogen-bond acceptors (Lipinski definition) is 1. The summed E-state index contributed by atoms with van der Waals surface area (Å²) in [5, 5.41) is 2.10. The molecule has 3 nitrogen and oxygen atoms in total. The van der Waals surface area contributed by atoms with Crippen LogP contribution in [0.5, 0.6) is 0 Å². The second-order valence-corrected chi connectivity index (χ2v) is 3.10. The van der Waals surface area contributed by atoms with Crippen molar-refractivity contribution in [3.63, 3.8) is 0 Å². The number of thiophene rings is 1. The largest absolute Gasteiger partial charge is 0.148 e. The van der Waals surface area contributed by atoms with Crippen molar-refractivity contribution in [2.45, 2.75) is 0 Å². The molecule has 0 atom stereocenters. The third kappa shape index (κ3) is 9.30. The summed E-state index contributed by atoms with van der Waals surface area (Å²) in [7, 11) is 0. The molecule has 0 amide bonds. The van der Waals surface area contributed by atoms with Crippen LogP contribution in [0.15, 0.2) is 17.5 Å². The Labute approximate surface area is 119 Å². The van der Waals surface area contributed by atoms with Crippen LogP contribution in [0.25, 0.3) is 0 Å². The van der Waals surface area contributed by atoms with Crippen molar-refractivity contribution in [2.75, 3.05) is 0 Å². The molecule has 2 rings (SSSR count). The Balaban J connectivity index is -0.000000248. The van der Waals surface area contributed by atoms with E-state index >= 15 is 0 Å². The first kappa shape index (κ1) is 21.8. The van der Waals surface area contributed by atoms with Crippen LogP contribution in [-0.2, 0) is 34.4 Å². The van der Waals surface area contributed by atoms with Gasteiger partial charge < -0.3 is 0 Å². The molecule has 0 spiro atoms. The van der Waals surface area contributed by atoms with Crippen molar-refractivity contribution >= 4 is 11.3 Å². The van der Waals surface area contributed by atoms with Crippen LogP contribution < -0.4 is 0 Å². The van der Waals surface area contributed by atoms with Gasteiger partial charge in [-0.15, -0.1) is 11.3 Å². The van der Waals surface area contributed by atoms with Gasteiger partial charge in [-0.05, 0) is 37.1 Å². The molecule has 86 valence electrons. The predicted octanol–water partition coefficient (Wildman–Crippen LogP) is 2.39. The van der Waals surface area contributed by atoms with Crippen molar-refractivity contribution in [1.82, 2.24) is 0 Å². The van der Waals surface area contributed by atoms with Crippen LogP contribution in [0.2, 0.25) is 0 Å².